The Hall–Kier alpha value is -3.15. The molecule has 6 heteroatoms. The fourth-order valence-electron chi connectivity index (χ4n) is 3.31. The van der Waals surface area contributed by atoms with Crippen LogP contribution >= 0.6 is 0 Å². The molecule has 0 aliphatic carbocycles. The maximum absolute atomic E-state index is 13.3. The van der Waals surface area contributed by atoms with Crippen LogP contribution in [0, 0.1) is 12.7 Å². The van der Waals surface area contributed by atoms with Crippen molar-refractivity contribution in [2.45, 2.75) is 13.3 Å². The van der Waals surface area contributed by atoms with Crippen LogP contribution in [0.25, 0.3) is 5.69 Å². The molecule has 1 aliphatic rings. The summed E-state index contributed by atoms with van der Waals surface area (Å²) in [6, 6.07) is 13.4. The fraction of sp³-hybridized carbons (Fsp3) is 0.200. The first-order chi connectivity index (χ1) is 12.6. The lowest BCUT2D eigenvalue weighted by Crippen LogP contribution is -2.38. The number of hydrogen-bond donors (Lipinski definition) is 0. The van der Waals surface area contributed by atoms with Gasteiger partial charge in [-0.15, -0.1) is 0 Å². The van der Waals surface area contributed by atoms with Gasteiger partial charge in [-0.05, 0) is 61.9 Å². The molecule has 0 spiro atoms. The van der Waals surface area contributed by atoms with E-state index < -0.39 is 0 Å². The van der Waals surface area contributed by atoms with Crippen LogP contribution in [-0.4, -0.2) is 29.3 Å². The molecule has 0 atom stereocenters. The first-order valence-corrected chi connectivity index (χ1v) is 8.39. The molecule has 0 N–H and O–H groups in total. The number of benzene rings is 2. The molecule has 0 unspecified atom stereocenters. The number of fused-ring (bicyclic) bond motifs is 1. The first-order valence-electron chi connectivity index (χ1n) is 8.39. The van der Waals surface area contributed by atoms with E-state index in [-0.39, 0.29) is 11.7 Å². The van der Waals surface area contributed by atoms with Gasteiger partial charge < -0.3 is 9.64 Å². The van der Waals surface area contributed by atoms with E-state index in [0.717, 1.165) is 29.1 Å². The number of aryl methyl sites for hydroxylation is 1. The van der Waals surface area contributed by atoms with Gasteiger partial charge >= 0.3 is 0 Å². The third kappa shape index (κ3) is 2.63. The standard InChI is InChI=1S/C20H18FN3O2/c1-13-18-11-12-23(15-7-9-17(26-2)10-8-15)20(25)19(18)24(22-13)16-5-3-14(21)4-6-16/h3-10H,11-12H2,1-2H3. The first kappa shape index (κ1) is 16.3. The van der Waals surface area contributed by atoms with Crippen molar-refractivity contribution in [1.29, 1.82) is 0 Å². The van der Waals surface area contributed by atoms with Crippen LogP contribution in [0.3, 0.4) is 0 Å². The molecule has 1 amide bonds. The summed E-state index contributed by atoms with van der Waals surface area (Å²) in [5.74, 6) is 0.310. The Morgan fingerprint density at radius 2 is 1.69 bits per heavy atom. The number of methoxy groups -OCH3 is 1. The van der Waals surface area contributed by atoms with Crippen molar-refractivity contribution in [3.05, 3.63) is 71.3 Å². The third-order valence-electron chi connectivity index (χ3n) is 4.67. The molecule has 0 radical (unpaired) electrons. The number of amides is 1. The van der Waals surface area contributed by atoms with E-state index in [1.807, 2.05) is 31.2 Å². The van der Waals surface area contributed by atoms with Gasteiger partial charge in [0.15, 0.2) is 0 Å². The third-order valence-corrected chi connectivity index (χ3v) is 4.67. The normalized spacial score (nSPS) is 13.7. The Morgan fingerprint density at radius 1 is 1.04 bits per heavy atom. The average Bonchev–Trinajstić information content (AvgIpc) is 3.00. The average molecular weight is 351 g/mol. The molecule has 3 aromatic rings. The Morgan fingerprint density at radius 3 is 2.35 bits per heavy atom. The molecular formula is C20H18FN3O2. The molecule has 0 bridgehead atoms. The maximum Gasteiger partial charge on any atom is 0.277 e. The van der Waals surface area contributed by atoms with Crippen LogP contribution < -0.4 is 9.64 Å². The smallest absolute Gasteiger partial charge is 0.277 e. The maximum atomic E-state index is 13.3. The summed E-state index contributed by atoms with van der Waals surface area (Å²) in [7, 11) is 1.61. The van der Waals surface area contributed by atoms with Crippen molar-refractivity contribution >= 4 is 11.6 Å². The van der Waals surface area contributed by atoms with Gasteiger partial charge in [0.25, 0.3) is 5.91 Å². The van der Waals surface area contributed by atoms with Crippen molar-refractivity contribution < 1.29 is 13.9 Å². The van der Waals surface area contributed by atoms with E-state index >= 15 is 0 Å². The van der Waals surface area contributed by atoms with Crippen LogP contribution in [0.15, 0.2) is 48.5 Å². The lowest BCUT2D eigenvalue weighted by atomic mass is 10.0. The van der Waals surface area contributed by atoms with Crippen LogP contribution in [0.4, 0.5) is 10.1 Å². The van der Waals surface area contributed by atoms with Crippen LogP contribution in [0.2, 0.25) is 0 Å². The zero-order valence-electron chi connectivity index (χ0n) is 14.6. The fourth-order valence-corrected chi connectivity index (χ4v) is 3.31. The van der Waals surface area contributed by atoms with Crippen LogP contribution in [0.1, 0.15) is 21.7 Å². The van der Waals surface area contributed by atoms with Crippen LogP contribution in [0.5, 0.6) is 5.75 Å². The zero-order chi connectivity index (χ0) is 18.3. The molecule has 132 valence electrons. The molecule has 26 heavy (non-hydrogen) atoms. The molecule has 2 heterocycles. The molecule has 0 saturated carbocycles. The van der Waals surface area contributed by atoms with Crippen molar-refractivity contribution in [1.82, 2.24) is 9.78 Å². The van der Waals surface area contributed by atoms with Gasteiger partial charge in [0.05, 0.1) is 18.5 Å². The van der Waals surface area contributed by atoms with Gasteiger partial charge in [0, 0.05) is 17.8 Å². The molecule has 5 nitrogen and oxygen atoms in total. The van der Waals surface area contributed by atoms with Gasteiger partial charge in [-0.2, -0.15) is 5.10 Å². The second-order valence-corrected chi connectivity index (χ2v) is 6.21. The van der Waals surface area contributed by atoms with Crippen molar-refractivity contribution in [2.75, 3.05) is 18.6 Å². The van der Waals surface area contributed by atoms with E-state index in [0.29, 0.717) is 17.9 Å². The van der Waals surface area contributed by atoms with E-state index in [1.54, 1.807) is 28.8 Å². The molecule has 1 aliphatic heterocycles. The molecular weight excluding hydrogens is 333 g/mol. The minimum atomic E-state index is -0.322. The van der Waals surface area contributed by atoms with Gasteiger partial charge in [-0.1, -0.05) is 0 Å². The highest BCUT2D eigenvalue weighted by Gasteiger charge is 2.32. The second-order valence-electron chi connectivity index (χ2n) is 6.21. The van der Waals surface area contributed by atoms with Crippen molar-refractivity contribution in [3.63, 3.8) is 0 Å². The summed E-state index contributed by atoms with van der Waals surface area (Å²) in [4.78, 5) is 14.9. The summed E-state index contributed by atoms with van der Waals surface area (Å²) in [6.07, 6.45) is 0.722. The van der Waals surface area contributed by atoms with Crippen molar-refractivity contribution in [3.8, 4) is 11.4 Å². The molecule has 2 aromatic carbocycles. The number of ether oxygens (including phenoxy) is 1. The predicted molar refractivity (Wildman–Crippen MR) is 96.6 cm³/mol. The molecule has 4 rings (SSSR count). The van der Waals surface area contributed by atoms with E-state index in [2.05, 4.69) is 5.10 Å². The number of nitrogens with zero attached hydrogens (tertiary/aromatic N) is 3. The predicted octanol–water partition coefficient (Wildman–Crippen LogP) is 3.53. The van der Waals surface area contributed by atoms with E-state index in [1.165, 1.54) is 12.1 Å². The number of anilines is 1. The summed E-state index contributed by atoms with van der Waals surface area (Å²) in [5, 5.41) is 4.52. The lowest BCUT2D eigenvalue weighted by molar-refractivity contribution is 0.0973. The number of hydrogen-bond acceptors (Lipinski definition) is 3. The zero-order valence-corrected chi connectivity index (χ0v) is 14.6. The Balaban J connectivity index is 1.76. The molecule has 0 saturated heterocycles. The summed E-state index contributed by atoms with van der Waals surface area (Å²) in [5.41, 5.74) is 3.79. The van der Waals surface area contributed by atoms with E-state index in [4.69, 9.17) is 4.74 Å². The lowest BCUT2D eigenvalue weighted by Gasteiger charge is -2.28. The quantitative estimate of drug-likeness (QED) is 0.725. The van der Waals surface area contributed by atoms with E-state index in [9.17, 15) is 9.18 Å². The van der Waals surface area contributed by atoms with Crippen molar-refractivity contribution in [2.24, 2.45) is 0 Å². The summed E-state index contributed by atoms with van der Waals surface area (Å²) in [6.45, 7) is 2.49. The minimum Gasteiger partial charge on any atom is -0.497 e. The number of aromatic nitrogens is 2. The Labute approximate surface area is 150 Å². The molecule has 0 fully saturated rings. The Bertz CT molecular complexity index is 962. The highest BCUT2D eigenvalue weighted by molar-refractivity contribution is 6.07. The van der Waals surface area contributed by atoms with Gasteiger partial charge in [-0.25, -0.2) is 9.07 Å². The van der Waals surface area contributed by atoms with Gasteiger partial charge in [0.2, 0.25) is 0 Å². The van der Waals surface area contributed by atoms with Gasteiger partial charge in [0.1, 0.15) is 17.3 Å². The SMILES string of the molecule is COc1ccc(N2CCc3c(C)nn(-c4ccc(F)cc4)c3C2=O)cc1. The number of carbonyl (C=O) groups excluding carboxylic acids is 1. The molecule has 1 aromatic heterocycles. The summed E-state index contributed by atoms with van der Waals surface area (Å²) < 4.78 is 20.0. The topological polar surface area (TPSA) is 47.4 Å². The van der Waals surface area contributed by atoms with Gasteiger partial charge in [-0.3, -0.25) is 4.79 Å². The van der Waals surface area contributed by atoms with Crippen LogP contribution in [-0.2, 0) is 6.42 Å². The number of rotatable bonds is 3. The highest BCUT2D eigenvalue weighted by atomic mass is 19.1. The second kappa shape index (κ2) is 6.29. The largest absolute Gasteiger partial charge is 0.497 e. The Kier molecular flexibility index (Phi) is 3.95. The number of carbonyl (C=O) groups is 1. The minimum absolute atomic E-state index is 0.110. The number of halogens is 1. The monoisotopic (exact) mass is 351 g/mol. The summed E-state index contributed by atoms with van der Waals surface area (Å²) >= 11 is 0. The highest BCUT2D eigenvalue weighted by Crippen LogP contribution is 2.29.